The minimum atomic E-state index is -3.79. The zero-order valence-corrected chi connectivity index (χ0v) is 35.1. The van der Waals surface area contributed by atoms with Crippen molar-refractivity contribution >= 4 is 22.1 Å². The molecule has 0 bridgehead atoms. The number of methoxy groups -OCH3 is 1. The molecule has 0 radical (unpaired) electrons. The van der Waals surface area contributed by atoms with Gasteiger partial charge in [-0.05, 0) is 136 Å². The highest BCUT2D eigenvalue weighted by molar-refractivity contribution is 7.86. The van der Waals surface area contributed by atoms with E-state index in [0.717, 1.165) is 87.5 Å². The molecule has 4 rings (SSSR count). The molecule has 0 N–H and O–H groups in total. The number of carbonyl (C=O) groups excluding carboxylic acids is 2. The van der Waals surface area contributed by atoms with Crippen molar-refractivity contribution in [2.24, 2.45) is 0 Å². The van der Waals surface area contributed by atoms with Gasteiger partial charge in [-0.2, -0.15) is 13.7 Å². The van der Waals surface area contributed by atoms with Gasteiger partial charge in [0.15, 0.2) is 0 Å². The minimum Gasteiger partial charge on any atom is -0.494 e. The third kappa shape index (κ3) is 16.8. The second-order valence-electron chi connectivity index (χ2n) is 14.1. The van der Waals surface area contributed by atoms with E-state index >= 15 is 0 Å². The summed E-state index contributed by atoms with van der Waals surface area (Å²) < 4.78 is 58.0. The lowest BCUT2D eigenvalue weighted by Gasteiger charge is -2.11. The molecule has 0 aliphatic carbocycles. The highest BCUT2D eigenvalue weighted by Gasteiger charge is 2.17. The Morgan fingerprint density at radius 3 is 1.53 bits per heavy atom. The number of hydrogen-bond acceptors (Lipinski definition) is 11. The summed E-state index contributed by atoms with van der Waals surface area (Å²) in [6, 6.07) is 28.4. The molecule has 0 amide bonds. The van der Waals surface area contributed by atoms with Crippen LogP contribution in [0.3, 0.4) is 0 Å². The van der Waals surface area contributed by atoms with Crippen LogP contribution in [-0.4, -0.2) is 60.5 Å². The summed E-state index contributed by atoms with van der Waals surface area (Å²) >= 11 is 0. The van der Waals surface area contributed by atoms with E-state index in [0.29, 0.717) is 49.7 Å². The van der Waals surface area contributed by atoms with Gasteiger partial charge in [0.1, 0.15) is 17.2 Å². The molecule has 0 saturated heterocycles. The van der Waals surface area contributed by atoms with Crippen molar-refractivity contribution in [3.05, 3.63) is 108 Å². The molecule has 11 nitrogen and oxygen atoms in total. The Morgan fingerprint density at radius 1 is 0.542 bits per heavy atom. The van der Waals surface area contributed by atoms with Crippen LogP contribution in [0.5, 0.6) is 17.2 Å². The Hall–Kier alpha value is -5.38. The molecule has 0 spiro atoms. The number of benzene rings is 4. The van der Waals surface area contributed by atoms with Crippen LogP contribution < -0.4 is 14.2 Å². The summed E-state index contributed by atoms with van der Waals surface area (Å²) in [4.78, 5) is 25.3. The van der Waals surface area contributed by atoms with Gasteiger partial charge in [0.2, 0.25) is 0 Å². The van der Waals surface area contributed by atoms with Crippen molar-refractivity contribution in [2.75, 3.05) is 40.1 Å². The van der Waals surface area contributed by atoms with E-state index in [1.54, 1.807) is 36.4 Å². The number of nitriles is 1. The van der Waals surface area contributed by atoms with Crippen molar-refractivity contribution in [3.63, 3.8) is 0 Å². The molecule has 0 unspecified atom stereocenters. The second-order valence-corrected chi connectivity index (χ2v) is 15.7. The maximum atomic E-state index is 12.9. The summed E-state index contributed by atoms with van der Waals surface area (Å²) in [5, 5.41) is 8.99. The van der Waals surface area contributed by atoms with E-state index in [1.807, 2.05) is 36.4 Å². The molecule has 0 aliphatic heterocycles. The first-order valence-electron chi connectivity index (χ1n) is 20.6. The van der Waals surface area contributed by atoms with Gasteiger partial charge >= 0.3 is 11.9 Å². The highest BCUT2D eigenvalue weighted by atomic mass is 32.2. The van der Waals surface area contributed by atoms with E-state index in [-0.39, 0.29) is 29.2 Å². The molecular weight excluding hydrogens is 771 g/mol. The number of esters is 2. The van der Waals surface area contributed by atoms with Crippen molar-refractivity contribution in [1.82, 2.24) is 0 Å². The molecule has 0 saturated carbocycles. The Labute approximate surface area is 349 Å². The molecule has 316 valence electrons. The minimum absolute atomic E-state index is 0.111. The zero-order valence-electron chi connectivity index (χ0n) is 34.3. The second kappa shape index (κ2) is 25.9. The van der Waals surface area contributed by atoms with Gasteiger partial charge in [-0.15, -0.1) is 0 Å². The molecule has 0 aromatic heterocycles. The van der Waals surface area contributed by atoms with Gasteiger partial charge in [0.25, 0.3) is 10.1 Å². The number of unbranched alkanes of at least 4 members (excludes halogenated alkanes) is 10. The maximum Gasteiger partial charge on any atom is 0.338 e. The summed E-state index contributed by atoms with van der Waals surface area (Å²) in [5.41, 5.74) is 3.15. The molecule has 4 aromatic rings. The first kappa shape index (κ1) is 46.3. The van der Waals surface area contributed by atoms with Crippen molar-refractivity contribution < 1.29 is 45.9 Å². The average Bonchev–Trinajstić information content (AvgIpc) is 3.26. The normalized spacial score (nSPS) is 11.1. The lowest BCUT2D eigenvalue weighted by molar-refractivity contribution is 0.0496. The van der Waals surface area contributed by atoms with Crippen LogP contribution >= 0.6 is 0 Å². The quantitative estimate of drug-likeness (QED) is 0.0306. The monoisotopic (exact) mass is 827 g/mol. The van der Waals surface area contributed by atoms with E-state index in [1.165, 1.54) is 25.3 Å². The molecule has 0 fully saturated rings. The van der Waals surface area contributed by atoms with Gasteiger partial charge in [0.05, 0.1) is 67.8 Å². The largest absolute Gasteiger partial charge is 0.494 e. The van der Waals surface area contributed by atoms with Crippen LogP contribution in [0.25, 0.3) is 11.1 Å². The predicted octanol–water partition coefficient (Wildman–Crippen LogP) is 10.5. The fourth-order valence-corrected chi connectivity index (χ4v) is 7.04. The van der Waals surface area contributed by atoms with Crippen LogP contribution in [0.15, 0.2) is 95.9 Å². The molecule has 4 aromatic carbocycles. The Kier molecular flexibility index (Phi) is 20.3. The number of nitrogens with zero attached hydrogens (tertiary/aromatic N) is 1. The van der Waals surface area contributed by atoms with Gasteiger partial charge in [-0.25, -0.2) is 9.59 Å². The van der Waals surface area contributed by atoms with Gasteiger partial charge in [0, 0.05) is 0 Å². The van der Waals surface area contributed by atoms with Gasteiger partial charge in [-0.1, -0.05) is 56.9 Å². The summed E-state index contributed by atoms with van der Waals surface area (Å²) in [6.07, 6.45) is 11.7. The lowest BCUT2D eigenvalue weighted by atomic mass is 10.0. The fraction of sp³-hybridized carbons (Fsp3) is 0.426. The Balaban J connectivity index is 1.07. The first-order valence-corrected chi connectivity index (χ1v) is 22.0. The van der Waals surface area contributed by atoms with E-state index in [9.17, 15) is 18.0 Å². The number of ether oxygens (including phenoxy) is 5. The maximum absolute atomic E-state index is 12.9. The molecule has 0 heterocycles. The number of carbonyl (C=O) groups is 2. The van der Waals surface area contributed by atoms with Gasteiger partial charge < -0.3 is 23.7 Å². The zero-order chi connectivity index (χ0) is 42.1. The number of rotatable bonds is 28. The molecule has 12 heteroatoms. The van der Waals surface area contributed by atoms with Crippen molar-refractivity contribution in [3.8, 4) is 34.4 Å². The lowest BCUT2D eigenvalue weighted by Crippen LogP contribution is -2.10. The van der Waals surface area contributed by atoms with Crippen LogP contribution in [-0.2, 0) is 23.8 Å². The van der Waals surface area contributed by atoms with Crippen LogP contribution in [0.2, 0.25) is 0 Å². The van der Waals surface area contributed by atoms with Crippen molar-refractivity contribution in [2.45, 2.75) is 95.3 Å². The molecule has 0 aliphatic rings. The van der Waals surface area contributed by atoms with Crippen LogP contribution in [0.1, 0.15) is 117 Å². The molecule has 0 atom stereocenters. The Bertz CT molecular complexity index is 2010. The fourth-order valence-electron chi connectivity index (χ4n) is 6.10. The third-order valence-corrected chi connectivity index (χ3v) is 10.8. The van der Waals surface area contributed by atoms with E-state index in [4.69, 9.17) is 33.1 Å². The summed E-state index contributed by atoms with van der Waals surface area (Å²) in [6.45, 7) is 4.03. The summed E-state index contributed by atoms with van der Waals surface area (Å²) in [7, 11) is -2.51. The van der Waals surface area contributed by atoms with Crippen LogP contribution in [0.4, 0.5) is 0 Å². The van der Waals surface area contributed by atoms with Crippen LogP contribution in [0, 0.1) is 11.3 Å². The van der Waals surface area contributed by atoms with E-state index in [2.05, 4.69) is 13.0 Å². The Morgan fingerprint density at radius 2 is 1.00 bits per heavy atom. The highest BCUT2D eigenvalue weighted by Crippen LogP contribution is 2.24. The predicted molar refractivity (Wildman–Crippen MR) is 226 cm³/mol. The summed E-state index contributed by atoms with van der Waals surface area (Å²) in [5.74, 6) is 0.659. The molecule has 59 heavy (non-hydrogen) atoms. The molecular formula is C47H57NO10S. The third-order valence-electron chi connectivity index (χ3n) is 9.48. The van der Waals surface area contributed by atoms with Gasteiger partial charge in [-0.3, -0.25) is 4.18 Å². The topological polar surface area (TPSA) is 147 Å². The van der Waals surface area contributed by atoms with Crippen molar-refractivity contribution in [1.29, 1.82) is 5.26 Å². The standard InChI is InChI=1S/C47H57NO10S/c1-3-4-5-6-15-32-58-59(51,52)45-26-24-43(25-27-45)55-29-12-9-10-14-31-57-47(50)41-33-40(46(49)53-2)34-44(35-41)56-30-13-8-7-11-28-54-42-22-20-39(21-23-42)38-18-16-37(36-48)17-19-38/h16-27,33-35H,3-15,28-32H2,1-2H3. The SMILES string of the molecule is CCCCCCCOS(=O)(=O)c1ccc(OCCCCCCOC(=O)c2cc(OCCCCCCOc3ccc(-c4ccc(C#N)cc4)cc3)cc(C(=O)OC)c2)cc1. The first-order chi connectivity index (χ1) is 28.7. The number of hydrogen-bond donors (Lipinski definition) is 0. The average molecular weight is 828 g/mol. The van der Waals surface area contributed by atoms with E-state index < -0.39 is 22.1 Å². The smallest absolute Gasteiger partial charge is 0.338 e.